The van der Waals surface area contributed by atoms with Crippen LogP contribution in [0.4, 0.5) is 18.9 Å². The van der Waals surface area contributed by atoms with Gasteiger partial charge in [-0.25, -0.2) is 0 Å². The van der Waals surface area contributed by atoms with Crippen molar-refractivity contribution in [2.75, 3.05) is 5.32 Å². The first kappa shape index (κ1) is 16.3. The Morgan fingerprint density at radius 3 is 2.14 bits per heavy atom. The second-order valence-electron chi connectivity index (χ2n) is 4.45. The van der Waals surface area contributed by atoms with Gasteiger partial charge in [-0.15, -0.1) is 0 Å². The van der Waals surface area contributed by atoms with Gasteiger partial charge in [0.25, 0.3) is 0 Å². The molecular weight excluding hydrogens is 359 g/mol. The zero-order valence-corrected chi connectivity index (χ0v) is 12.8. The van der Waals surface area contributed by atoms with E-state index >= 15 is 0 Å². The van der Waals surface area contributed by atoms with Crippen LogP contribution in [0.5, 0.6) is 0 Å². The molecule has 0 aliphatic rings. The van der Waals surface area contributed by atoms with E-state index < -0.39 is 17.6 Å². The summed E-state index contributed by atoms with van der Waals surface area (Å²) >= 11 is 3.31. The Balaban J connectivity index is 1.98. The molecule has 2 rings (SSSR count). The fourth-order valence-corrected chi connectivity index (χ4v) is 1.94. The monoisotopic (exact) mass is 369 g/mol. The highest BCUT2D eigenvalue weighted by atomic mass is 79.9. The average molecular weight is 370 g/mol. The third-order valence-corrected chi connectivity index (χ3v) is 3.31. The second kappa shape index (κ2) is 6.79. The van der Waals surface area contributed by atoms with Crippen molar-refractivity contribution >= 4 is 33.6 Å². The first-order valence-electron chi connectivity index (χ1n) is 6.26. The number of nitrogens with one attached hydrogen (secondary N) is 1. The van der Waals surface area contributed by atoms with Crippen LogP contribution in [0.2, 0.25) is 0 Å². The number of amides is 1. The summed E-state index contributed by atoms with van der Waals surface area (Å²) in [6.45, 7) is 0. The largest absolute Gasteiger partial charge is 0.416 e. The lowest BCUT2D eigenvalue weighted by atomic mass is 10.2. The highest BCUT2D eigenvalue weighted by Crippen LogP contribution is 2.29. The molecule has 2 nitrogen and oxygen atoms in total. The van der Waals surface area contributed by atoms with Crippen LogP contribution in [0.25, 0.3) is 6.08 Å². The molecule has 0 fully saturated rings. The van der Waals surface area contributed by atoms with Crippen molar-refractivity contribution in [2.24, 2.45) is 0 Å². The minimum atomic E-state index is -4.38. The van der Waals surface area contributed by atoms with E-state index in [0.717, 1.165) is 22.2 Å². The van der Waals surface area contributed by atoms with Gasteiger partial charge in [0.2, 0.25) is 5.91 Å². The van der Waals surface area contributed by atoms with Gasteiger partial charge in [0.05, 0.1) is 5.56 Å². The van der Waals surface area contributed by atoms with E-state index in [0.29, 0.717) is 5.69 Å². The van der Waals surface area contributed by atoms with Crippen LogP contribution < -0.4 is 5.32 Å². The maximum atomic E-state index is 12.4. The molecule has 0 atom stereocenters. The Kier molecular flexibility index (Phi) is 5.03. The van der Waals surface area contributed by atoms with Crippen molar-refractivity contribution in [3.05, 3.63) is 70.2 Å². The Bertz CT molecular complexity index is 676. The van der Waals surface area contributed by atoms with E-state index in [4.69, 9.17) is 0 Å². The molecule has 0 aliphatic carbocycles. The van der Waals surface area contributed by atoms with E-state index in [1.807, 2.05) is 24.3 Å². The third kappa shape index (κ3) is 4.73. The van der Waals surface area contributed by atoms with Gasteiger partial charge in [-0.1, -0.05) is 28.1 Å². The van der Waals surface area contributed by atoms with Crippen molar-refractivity contribution in [3.63, 3.8) is 0 Å². The lowest BCUT2D eigenvalue weighted by Crippen LogP contribution is -2.09. The van der Waals surface area contributed by atoms with Crippen molar-refractivity contribution in [1.82, 2.24) is 0 Å². The van der Waals surface area contributed by atoms with E-state index in [2.05, 4.69) is 21.2 Å². The molecule has 0 unspecified atom stereocenters. The van der Waals surface area contributed by atoms with E-state index in [9.17, 15) is 18.0 Å². The van der Waals surface area contributed by atoms with Crippen LogP contribution in [0, 0.1) is 0 Å². The van der Waals surface area contributed by atoms with E-state index in [-0.39, 0.29) is 0 Å². The van der Waals surface area contributed by atoms with Crippen LogP contribution >= 0.6 is 15.9 Å². The lowest BCUT2D eigenvalue weighted by Gasteiger charge is -2.07. The Morgan fingerprint density at radius 2 is 1.59 bits per heavy atom. The van der Waals surface area contributed by atoms with Gasteiger partial charge in [-0.2, -0.15) is 13.2 Å². The van der Waals surface area contributed by atoms with Gasteiger partial charge in [0.1, 0.15) is 0 Å². The number of hydrogen-bond acceptors (Lipinski definition) is 1. The molecule has 0 saturated carbocycles. The van der Waals surface area contributed by atoms with E-state index in [1.54, 1.807) is 6.08 Å². The summed E-state index contributed by atoms with van der Waals surface area (Å²) in [4.78, 5) is 11.7. The summed E-state index contributed by atoms with van der Waals surface area (Å²) in [6.07, 6.45) is -1.45. The molecule has 1 amide bonds. The number of carbonyl (C=O) groups excluding carboxylic acids is 1. The summed E-state index contributed by atoms with van der Waals surface area (Å²) in [5, 5.41) is 2.50. The first-order valence-corrected chi connectivity index (χ1v) is 7.06. The van der Waals surface area contributed by atoms with Gasteiger partial charge in [0, 0.05) is 16.2 Å². The number of anilines is 1. The number of halogens is 4. The molecule has 0 radical (unpaired) electrons. The molecule has 0 aliphatic heterocycles. The normalized spacial score (nSPS) is 11.6. The fraction of sp³-hybridized carbons (Fsp3) is 0.0625. The zero-order chi connectivity index (χ0) is 16.2. The van der Waals surface area contributed by atoms with Gasteiger partial charge < -0.3 is 5.32 Å². The molecule has 0 heterocycles. The molecule has 2 aromatic carbocycles. The average Bonchev–Trinajstić information content (AvgIpc) is 2.46. The Hall–Kier alpha value is -2.08. The van der Waals surface area contributed by atoms with Crippen molar-refractivity contribution in [2.45, 2.75) is 6.18 Å². The van der Waals surface area contributed by atoms with Gasteiger partial charge >= 0.3 is 6.18 Å². The van der Waals surface area contributed by atoms with Gasteiger partial charge in [-0.3, -0.25) is 4.79 Å². The molecule has 0 bridgehead atoms. The smallest absolute Gasteiger partial charge is 0.323 e. The fourth-order valence-electron chi connectivity index (χ4n) is 1.67. The summed E-state index contributed by atoms with van der Waals surface area (Å²) in [5.74, 6) is -0.414. The number of carbonyl (C=O) groups is 1. The molecule has 1 N–H and O–H groups in total. The standard InChI is InChI=1S/C16H11BrF3NO/c17-13-6-1-11(2-7-13)3-10-15(22)21-14-8-4-12(5-9-14)16(18,19)20/h1-10H,(H,21,22)/b10-3+. The minimum Gasteiger partial charge on any atom is -0.323 e. The van der Waals surface area contributed by atoms with Crippen LogP contribution in [-0.2, 0) is 11.0 Å². The predicted molar refractivity (Wildman–Crippen MR) is 83.2 cm³/mol. The molecule has 0 saturated heterocycles. The predicted octanol–water partition coefficient (Wildman–Crippen LogP) is 5.12. The number of alkyl halides is 3. The third-order valence-electron chi connectivity index (χ3n) is 2.78. The summed E-state index contributed by atoms with van der Waals surface area (Å²) in [6, 6.07) is 11.6. The molecule has 2 aromatic rings. The molecule has 6 heteroatoms. The number of rotatable bonds is 3. The topological polar surface area (TPSA) is 29.1 Å². The molecule has 0 spiro atoms. The first-order chi connectivity index (χ1) is 10.3. The van der Waals surface area contributed by atoms with E-state index in [1.165, 1.54) is 18.2 Å². The lowest BCUT2D eigenvalue weighted by molar-refractivity contribution is -0.137. The van der Waals surface area contributed by atoms with Crippen molar-refractivity contribution < 1.29 is 18.0 Å². The van der Waals surface area contributed by atoms with Crippen molar-refractivity contribution in [3.8, 4) is 0 Å². The molecular formula is C16H11BrF3NO. The van der Waals surface area contributed by atoms with Gasteiger partial charge in [-0.05, 0) is 48.0 Å². The molecule has 22 heavy (non-hydrogen) atoms. The summed E-state index contributed by atoms with van der Waals surface area (Å²) in [7, 11) is 0. The van der Waals surface area contributed by atoms with Crippen LogP contribution in [0.3, 0.4) is 0 Å². The van der Waals surface area contributed by atoms with Crippen LogP contribution in [0.15, 0.2) is 59.1 Å². The Morgan fingerprint density at radius 1 is 1.00 bits per heavy atom. The number of benzene rings is 2. The van der Waals surface area contributed by atoms with Crippen molar-refractivity contribution in [1.29, 1.82) is 0 Å². The van der Waals surface area contributed by atoms with Crippen LogP contribution in [0.1, 0.15) is 11.1 Å². The highest BCUT2D eigenvalue weighted by molar-refractivity contribution is 9.10. The second-order valence-corrected chi connectivity index (χ2v) is 5.36. The summed E-state index contributed by atoms with van der Waals surface area (Å²) < 4.78 is 38.2. The maximum Gasteiger partial charge on any atom is 0.416 e. The highest BCUT2D eigenvalue weighted by Gasteiger charge is 2.29. The minimum absolute atomic E-state index is 0.304. The maximum absolute atomic E-state index is 12.4. The number of hydrogen-bond donors (Lipinski definition) is 1. The van der Waals surface area contributed by atoms with Crippen LogP contribution in [-0.4, -0.2) is 5.91 Å². The molecule has 114 valence electrons. The Labute approximate surface area is 133 Å². The summed E-state index contributed by atoms with van der Waals surface area (Å²) in [5.41, 5.74) is 0.389. The quantitative estimate of drug-likeness (QED) is 0.747. The molecule has 0 aromatic heterocycles. The SMILES string of the molecule is O=C(/C=C/c1ccc(Br)cc1)Nc1ccc(C(F)(F)F)cc1. The zero-order valence-electron chi connectivity index (χ0n) is 11.2. The van der Waals surface area contributed by atoms with Gasteiger partial charge in [0.15, 0.2) is 0 Å².